The number of carbonyl (C=O) groups excluding carboxylic acids is 1. The molecule has 0 saturated carbocycles. The zero-order valence-electron chi connectivity index (χ0n) is 13.9. The Labute approximate surface area is 143 Å². The number of anilines is 1. The van der Waals surface area contributed by atoms with Gasteiger partial charge >= 0.3 is 0 Å². The smallest absolute Gasteiger partial charge is 0.264 e. The second-order valence-electron chi connectivity index (χ2n) is 6.54. The molecule has 1 aromatic heterocycles. The Kier molecular flexibility index (Phi) is 4.75. The first kappa shape index (κ1) is 17.4. The van der Waals surface area contributed by atoms with Gasteiger partial charge in [-0.05, 0) is 37.6 Å². The lowest BCUT2D eigenvalue weighted by Crippen LogP contribution is -2.30. The van der Waals surface area contributed by atoms with Crippen molar-refractivity contribution in [2.24, 2.45) is 0 Å². The van der Waals surface area contributed by atoms with Gasteiger partial charge < -0.3 is 10.3 Å². The minimum Gasteiger partial charge on any atom is -0.322 e. The SMILES string of the molecule is Cc1cc(NC(=O)c2c(C)nc(C(C)(C)C)[nH]c2=O)ccc1Br. The van der Waals surface area contributed by atoms with Crippen molar-refractivity contribution in [1.29, 1.82) is 0 Å². The summed E-state index contributed by atoms with van der Waals surface area (Å²) < 4.78 is 0.959. The first-order chi connectivity index (χ1) is 10.6. The monoisotopic (exact) mass is 377 g/mol. The van der Waals surface area contributed by atoms with Crippen molar-refractivity contribution in [2.75, 3.05) is 5.32 Å². The lowest BCUT2D eigenvalue weighted by Gasteiger charge is -2.18. The van der Waals surface area contributed by atoms with Gasteiger partial charge in [-0.1, -0.05) is 36.7 Å². The molecule has 0 bridgehead atoms. The molecule has 0 saturated heterocycles. The van der Waals surface area contributed by atoms with Crippen LogP contribution in [0.3, 0.4) is 0 Å². The molecule has 2 N–H and O–H groups in total. The van der Waals surface area contributed by atoms with E-state index in [0.29, 0.717) is 17.2 Å². The van der Waals surface area contributed by atoms with Gasteiger partial charge in [0, 0.05) is 15.6 Å². The van der Waals surface area contributed by atoms with E-state index in [2.05, 4.69) is 31.2 Å². The zero-order valence-corrected chi connectivity index (χ0v) is 15.5. The van der Waals surface area contributed by atoms with Crippen LogP contribution in [0.5, 0.6) is 0 Å². The van der Waals surface area contributed by atoms with E-state index >= 15 is 0 Å². The van der Waals surface area contributed by atoms with Gasteiger partial charge in [0.15, 0.2) is 0 Å². The van der Waals surface area contributed by atoms with Crippen LogP contribution in [0, 0.1) is 13.8 Å². The minimum atomic E-state index is -0.460. The number of aromatic nitrogens is 2. The molecule has 1 amide bonds. The van der Waals surface area contributed by atoms with Gasteiger partial charge in [0.05, 0.1) is 5.69 Å². The highest BCUT2D eigenvalue weighted by atomic mass is 79.9. The molecule has 1 heterocycles. The third kappa shape index (κ3) is 3.88. The molecule has 6 heteroatoms. The molecular formula is C17H20BrN3O2. The minimum absolute atomic E-state index is 0.0403. The number of nitrogens with zero attached hydrogens (tertiary/aromatic N) is 1. The molecule has 0 aliphatic heterocycles. The molecular weight excluding hydrogens is 358 g/mol. The Balaban J connectivity index is 2.36. The van der Waals surface area contributed by atoms with Gasteiger partial charge in [-0.2, -0.15) is 0 Å². The van der Waals surface area contributed by atoms with E-state index in [1.54, 1.807) is 13.0 Å². The summed E-state index contributed by atoms with van der Waals surface area (Å²) >= 11 is 3.41. The van der Waals surface area contributed by atoms with E-state index in [1.165, 1.54) is 0 Å². The Bertz CT molecular complexity index is 820. The number of aryl methyl sites for hydroxylation is 2. The number of halogens is 1. The molecule has 0 atom stereocenters. The normalized spacial score (nSPS) is 11.4. The van der Waals surface area contributed by atoms with E-state index in [4.69, 9.17) is 0 Å². The lowest BCUT2D eigenvalue weighted by atomic mass is 9.95. The van der Waals surface area contributed by atoms with Gasteiger partial charge in [-0.25, -0.2) is 4.98 Å². The number of amides is 1. The third-order valence-electron chi connectivity index (χ3n) is 3.45. The van der Waals surface area contributed by atoms with Crippen molar-refractivity contribution in [3.05, 3.63) is 55.7 Å². The van der Waals surface area contributed by atoms with Crippen molar-refractivity contribution in [2.45, 2.75) is 40.0 Å². The highest BCUT2D eigenvalue weighted by Crippen LogP contribution is 2.21. The Morgan fingerprint density at radius 3 is 2.43 bits per heavy atom. The average molecular weight is 378 g/mol. The van der Waals surface area contributed by atoms with Crippen LogP contribution in [-0.2, 0) is 5.41 Å². The molecule has 0 radical (unpaired) electrons. The van der Waals surface area contributed by atoms with Gasteiger partial charge in [0.2, 0.25) is 0 Å². The maximum atomic E-state index is 12.4. The Morgan fingerprint density at radius 2 is 1.91 bits per heavy atom. The van der Waals surface area contributed by atoms with Crippen LogP contribution in [0.15, 0.2) is 27.5 Å². The fourth-order valence-corrected chi connectivity index (χ4v) is 2.37. The zero-order chi connectivity index (χ0) is 17.4. The summed E-state index contributed by atoms with van der Waals surface area (Å²) in [5.41, 5.74) is 1.38. The highest BCUT2D eigenvalue weighted by Gasteiger charge is 2.22. The largest absolute Gasteiger partial charge is 0.322 e. The van der Waals surface area contributed by atoms with Crippen LogP contribution < -0.4 is 10.9 Å². The van der Waals surface area contributed by atoms with Crippen LogP contribution in [0.1, 0.15) is 48.2 Å². The summed E-state index contributed by atoms with van der Waals surface area (Å²) in [5, 5.41) is 2.75. The standard InChI is InChI=1S/C17H20BrN3O2/c1-9-8-11(6-7-12(9)18)20-14(22)13-10(2)19-16(17(3,4)5)21-15(13)23/h6-8H,1-5H3,(H,20,22)(H,19,21,23). The van der Waals surface area contributed by atoms with Gasteiger partial charge in [0.1, 0.15) is 11.4 Å². The Morgan fingerprint density at radius 1 is 1.26 bits per heavy atom. The number of benzene rings is 1. The summed E-state index contributed by atoms with van der Waals surface area (Å²) in [6.07, 6.45) is 0. The summed E-state index contributed by atoms with van der Waals surface area (Å²) in [7, 11) is 0. The van der Waals surface area contributed by atoms with Crippen molar-refractivity contribution in [1.82, 2.24) is 9.97 Å². The molecule has 0 spiro atoms. The van der Waals surface area contributed by atoms with Crippen LogP contribution in [0.4, 0.5) is 5.69 Å². The fraction of sp³-hybridized carbons (Fsp3) is 0.353. The first-order valence-corrected chi connectivity index (χ1v) is 8.08. The summed E-state index contributed by atoms with van der Waals surface area (Å²) in [6.45, 7) is 9.46. The van der Waals surface area contributed by atoms with Crippen molar-refractivity contribution in [3.8, 4) is 0 Å². The van der Waals surface area contributed by atoms with Crippen LogP contribution >= 0.6 is 15.9 Å². The summed E-state index contributed by atoms with van der Waals surface area (Å²) in [5.74, 6) is 0.106. The molecule has 2 rings (SSSR count). The van der Waals surface area contributed by atoms with Gasteiger partial charge in [-0.15, -0.1) is 0 Å². The topological polar surface area (TPSA) is 74.8 Å². The number of rotatable bonds is 2. The predicted octanol–water partition coefficient (Wildman–Crippen LogP) is 3.70. The molecule has 2 aromatic rings. The van der Waals surface area contributed by atoms with E-state index in [1.807, 2.05) is 39.8 Å². The number of H-pyrrole nitrogens is 1. The molecule has 1 aromatic carbocycles. The van der Waals surface area contributed by atoms with E-state index in [0.717, 1.165) is 10.0 Å². The molecule has 0 fully saturated rings. The van der Waals surface area contributed by atoms with Crippen molar-refractivity contribution in [3.63, 3.8) is 0 Å². The molecule has 0 aliphatic carbocycles. The lowest BCUT2D eigenvalue weighted by molar-refractivity contribution is 0.102. The van der Waals surface area contributed by atoms with Gasteiger partial charge in [0.25, 0.3) is 11.5 Å². The predicted molar refractivity (Wildman–Crippen MR) is 95.1 cm³/mol. The Hall–Kier alpha value is -1.95. The number of nitrogens with one attached hydrogen (secondary N) is 2. The molecule has 0 aliphatic rings. The quantitative estimate of drug-likeness (QED) is 0.837. The summed E-state index contributed by atoms with van der Waals surface area (Å²) in [6, 6.07) is 5.46. The number of hydrogen-bond acceptors (Lipinski definition) is 3. The van der Waals surface area contributed by atoms with Crippen LogP contribution in [0.25, 0.3) is 0 Å². The molecule has 5 nitrogen and oxygen atoms in total. The van der Waals surface area contributed by atoms with Crippen LogP contribution in [0.2, 0.25) is 0 Å². The van der Waals surface area contributed by atoms with E-state index in [-0.39, 0.29) is 11.0 Å². The van der Waals surface area contributed by atoms with E-state index < -0.39 is 11.5 Å². The summed E-state index contributed by atoms with van der Waals surface area (Å²) in [4.78, 5) is 31.8. The van der Waals surface area contributed by atoms with Crippen molar-refractivity contribution < 1.29 is 4.79 Å². The molecule has 23 heavy (non-hydrogen) atoms. The maximum Gasteiger partial charge on any atom is 0.264 e. The van der Waals surface area contributed by atoms with Crippen molar-refractivity contribution >= 4 is 27.5 Å². The average Bonchev–Trinajstić information content (AvgIpc) is 2.41. The fourth-order valence-electron chi connectivity index (χ4n) is 2.12. The van der Waals surface area contributed by atoms with E-state index in [9.17, 15) is 9.59 Å². The number of aromatic amines is 1. The molecule has 122 valence electrons. The van der Waals surface area contributed by atoms with Crippen LogP contribution in [-0.4, -0.2) is 15.9 Å². The first-order valence-electron chi connectivity index (χ1n) is 7.28. The highest BCUT2D eigenvalue weighted by molar-refractivity contribution is 9.10. The number of carbonyl (C=O) groups is 1. The maximum absolute atomic E-state index is 12.4. The second kappa shape index (κ2) is 6.28. The third-order valence-corrected chi connectivity index (χ3v) is 4.34. The second-order valence-corrected chi connectivity index (χ2v) is 7.40. The van der Waals surface area contributed by atoms with Gasteiger partial charge in [-0.3, -0.25) is 9.59 Å². The number of hydrogen-bond donors (Lipinski definition) is 2. The molecule has 0 unspecified atom stereocenters.